The van der Waals surface area contributed by atoms with Gasteiger partial charge in [0, 0.05) is 11.6 Å². The maximum atomic E-state index is 12.9. The van der Waals surface area contributed by atoms with E-state index < -0.39 is 0 Å². The molecule has 0 aliphatic carbocycles. The molecule has 1 aromatic rings. The van der Waals surface area contributed by atoms with Gasteiger partial charge in [0.15, 0.2) is 0 Å². The van der Waals surface area contributed by atoms with Gasteiger partial charge < -0.3 is 10.1 Å². The largest absolute Gasteiger partial charge is 0.496 e. The van der Waals surface area contributed by atoms with E-state index in [4.69, 9.17) is 4.74 Å². The second-order valence-corrected chi connectivity index (χ2v) is 2.90. The van der Waals surface area contributed by atoms with Crippen molar-refractivity contribution in [3.8, 4) is 5.75 Å². The van der Waals surface area contributed by atoms with E-state index in [1.807, 2.05) is 14.0 Å². The van der Waals surface area contributed by atoms with E-state index in [-0.39, 0.29) is 11.9 Å². The van der Waals surface area contributed by atoms with Crippen LogP contribution < -0.4 is 10.1 Å². The summed E-state index contributed by atoms with van der Waals surface area (Å²) in [5, 5.41) is 3.04. The Morgan fingerprint density at radius 3 is 2.69 bits per heavy atom. The highest BCUT2D eigenvalue weighted by Crippen LogP contribution is 2.25. The first-order chi connectivity index (χ1) is 6.19. The van der Waals surface area contributed by atoms with Crippen molar-refractivity contribution in [3.63, 3.8) is 0 Å². The second kappa shape index (κ2) is 4.23. The van der Waals surface area contributed by atoms with E-state index in [0.29, 0.717) is 5.75 Å². The predicted molar refractivity (Wildman–Crippen MR) is 50.4 cm³/mol. The van der Waals surface area contributed by atoms with Crippen LogP contribution in [-0.4, -0.2) is 14.2 Å². The van der Waals surface area contributed by atoms with Crippen molar-refractivity contribution in [1.82, 2.24) is 5.32 Å². The zero-order valence-corrected chi connectivity index (χ0v) is 8.10. The summed E-state index contributed by atoms with van der Waals surface area (Å²) in [6, 6.07) is 4.61. The molecule has 0 fully saturated rings. The minimum Gasteiger partial charge on any atom is -0.496 e. The number of hydrogen-bond acceptors (Lipinski definition) is 2. The van der Waals surface area contributed by atoms with Crippen molar-refractivity contribution in [2.24, 2.45) is 0 Å². The number of rotatable bonds is 3. The highest BCUT2D eigenvalue weighted by molar-refractivity contribution is 5.36. The summed E-state index contributed by atoms with van der Waals surface area (Å²) >= 11 is 0. The Morgan fingerprint density at radius 2 is 2.15 bits per heavy atom. The van der Waals surface area contributed by atoms with Crippen molar-refractivity contribution in [1.29, 1.82) is 0 Å². The highest BCUT2D eigenvalue weighted by Gasteiger charge is 2.09. The van der Waals surface area contributed by atoms with Gasteiger partial charge in [-0.05, 0) is 32.2 Å². The molecule has 13 heavy (non-hydrogen) atoms. The zero-order chi connectivity index (χ0) is 9.84. The molecule has 0 radical (unpaired) electrons. The van der Waals surface area contributed by atoms with Crippen LogP contribution in [0.1, 0.15) is 18.5 Å². The molecule has 0 saturated carbocycles. The van der Waals surface area contributed by atoms with Gasteiger partial charge in [-0.3, -0.25) is 0 Å². The molecule has 0 aliphatic heterocycles. The number of hydrogen-bond donors (Lipinski definition) is 1. The topological polar surface area (TPSA) is 21.3 Å². The molecule has 0 saturated heterocycles. The Hall–Kier alpha value is -1.09. The van der Waals surface area contributed by atoms with Crippen LogP contribution in [0.2, 0.25) is 0 Å². The molecule has 1 rings (SSSR count). The summed E-state index contributed by atoms with van der Waals surface area (Å²) in [5.41, 5.74) is 0.838. The minimum atomic E-state index is -0.238. The van der Waals surface area contributed by atoms with Gasteiger partial charge in [-0.2, -0.15) is 0 Å². The van der Waals surface area contributed by atoms with Crippen molar-refractivity contribution < 1.29 is 9.13 Å². The summed E-state index contributed by atoms with van der Waals surface area (Å²) < 4.78 is 18.0. The molecule has 0 aliphatic rings. The fraction of sp³-hybridized carbons (Fsp3) is 0.400. The Balaban J connectivity index is 3.07. The minimum absolute atomic E-state index is 0.0886. The van der Waals surface area contributed by atoms with Crippen LogP contribution in [0.15, 0.2) is 18.2 Å². The van der Waals surface area contributed by atoms with Crippen LogP contribution in [0.25, 0.3) is 0 Å². The molecular formula is C10H14FNO. The van der Waals surface area contributed by atoms with Gasteiger partial charge in [0.1, 0.15) is 11.6 Å². The predicted octanol–water partition coefficient (Wildman–Crippen LogP) is 2.11. The standard InChI is InChI=1S/C10H14FNO/c1-7(12-2)9-6-8(11)4-5-10(9)13-3/h4-7,12H,1-3H3/t7-/m1/s1. The third kappa shape index (κ3) is 2.18. The third-order valence-electron chi connectivity index (χ3n) is 2.09. The van der Waals surface area contributed by atoms with Gasteiger partial charge in [-0.1, -0.05) is 0 Å². The smallest absolute Gasteiger partial charge is 0.123 e. The van der Waals surface area contributed by atoms with Crippen molar-refractivity contribution >= 4 is 0 Å². The maximum Gasteiger partial charge on any atom is 0.123 e. The van der Waals surface area contributed by atoms with Crippen molar-refractivity contribution in [3.05, 3.63) is 29.6 Å². The Labute approximate surface area is 77.7 Å². The van der Waals surface area contributed by atoms with E-state index in [1.54, 1.807) is 13.2 Å². The summed E-state index contributed by atoms with van der Waals surface area (Å²) in [4.78, 5) is 0. The molecule has 0 amide bonds. The number of benzene rings is 1. The first-order valence-electron chi connectivity index (χ1n) is 4.19. The molecule has 1 aromatic carbocycles. The fourth-order valence-electron chi connectivity index (χ4n) is 1.20. The molecule has 0 unspecified atom stereocenters. The summed E-state index contributed by atoms with van der Waals surface area (Å²) in [6.45, 7) is 1.96. The van der Waals surface area contributed by atoms with Crippen LogP contribution in [0.5, 0.6) is 5.75 Å². The van der Waals surface area contributed by atoms with Gasteiger partial charge in [0.25, 0.3) is 0 Å². The average Bonchev–Trinajstić information content (AvgIpc) is 2.16. The lowest BCUT2D eigenvalue weighted by Crippen LogP contribution is -2.13. The van der Waals surface area contributed by atoms with Gasteiger partial charge in [-0.15, -0.1) is 0 Å². The van der Waals surface area contributed by atoms with E-state index in [9.17, 15) is 4.39 Å². The lowest BCUT2D eigenvalue weighted by molar-refractivity contribution is 0.402. The normalized spacial score (nSPS) is 12.6. The molecule has 3 heteroatoms. The Kier molecular flexibility index (Phi) is 3.25. The quantitative estimate of drug-likeness (QED) is 0.775. The summed E-state index contributed by atoms with van der Waals surface area (Å²) in [5.74, 6) is 0.473. The van der Waals surface area contributed by atoms with Gasteiger partial charge in [-0.25, -0.2) is 4.39 Å². The van der Waals surface area contributed by atoms with Gasteiger partial charge >= 0.3 is 0 Å². The van der Waals surface area contributed by atoms with E-state index in [2.05, 4.69) is 5.32 Å². The number of methoxy groups -OCH3 is 1. The second-order valence-electron chi connectivity index (χ2n) is 2.90. The average molecular weight is 183 g/mol. The maximum absolute atomic E-state index is 12.9. The fourth-order valence-corrected chi connectivity index (χ4v) is 1.20. The lowest BCUT2D eigenvalue weighted by Gasteiger charge is -2.14. The van der Waals surface area contributed by atoms with Crippen LogP contribution >= 0.6 is 0 Å². The summed E-state index contributed by atoms with van der Waals surface area (Å²) in [6.07, 6.45) is 0. The van der Waals surface area contributed by atoms with Crippen molar-refractivity contribution in [2.45, 2.75) is 13.0 Å². The number of nitrogens with one attached hydrogen (secondary N) is 1. The number of halogens is 1. The number of ether oxygens (including phenoxy) is 1. The third-order valence-corrected chi connectivity index (χ3v) is 2.09. The Bertz CT molecular complexity index is 288. The highest BCUT2D eigenvalue weighted by atomic mass is 19.1. The zero-order valence-electron chi connectivity index (χ0n) is 8.10. The van der Waals surface area contributed by atoms with Crippen LogP contribution in [-0.2, 0) is 0 Å². The van der Waals surface area contributed by atoms with Crippen LogP contribution in [0.4, 0.5) is 4.39 Å². The SMILES string of the molecule is CN[C@H](C)c1cc(F)ccc1OC. The molecule has 0 heterocycles. The van der Waals surface area contributed by atoms with Gasteiger partial charge in [0.05, 0.1) is 7.11 Å². The van der Waals surface area contributed by atoms with Crippen LogP contribution in [0.3, 0.4) is 0 Å². The monoisotopic (exact) mass is 183 g/mol. The molecular weight excluding hydrogens is 169 g/mol. The molecule has 1 atom stereocenters. The molecule has 0 aromatic heterocycles. The van der Waals surface area contributed by atoms with Crippen molar-refractivity contribution in [2.75, 3.05) is 14.2 Å². The van der Waals surface area contributed by atoms with E-state index >= 15 is 0 Å². The van der Waals surface area contributed by atoms with Gasteiger partial charge in [0.2, 0.25) is 0 Å². The molecule has 0 spiro atoms. The molecule has 1 N–H and O–H groups in total. The van der Waals surface area contributed by atoms with E-state index in [0.717, 1.165) is 5.56 Å². The van der Waals surface area contributed by atoms with E-state index in [1.165, 1.54) is 12.1 Å². The molecule has 0 bridgehead atoms. The first-order valence-corrected chi connectivity index (χ1v) is 4.19. The Morgan fingerprint density at radius 1 is 1.46 bits per heavy atom. The first kappa shape index (κ1) is 9.99. The lowest BCUT2D eigenvalue weighted by atomic mass is 10.1. The van der Waals surface area contributed by atoms with Crippen LogP contribution in [0, 0.1) is 5.82 Å². The summed E-state index contributed by atoms with van der Waals surface area (Å²) in [7, 11) is 3.41. The molecule has 72 valence electrons. The molecule has 2 nitrogen and oxygen atoms in total.